The maximum atomic E-state index is 13.7. The number of halogens is 2. The lowest BCUT2D eigenvalue weighted by Gasteiger charge is -2.29. The second kappa shape index (κ2) is 7.60. The zero-order valence-corrected chi connectivity index (χ0v) is 17.2. The minimum absolute atomic E-state index is 0.0696. The molecule has 2 aromatic carbocycles. The number of likely N-dealkylation sites (tertiary alicyclic amines) is 1. The van der Waals surface area contributed by atoms with E-state index < -0.39 is 17.0 Å². The Bertz CT molecular complexity index is 1060. The topological polar surface area (TPSA) is 23.6 Å². The second-order valence-corrected chi connectivity index (χ2v) is 9.01. The van der Waals surface area contributed by atoms with Crippen LogP contribution in [0, 0.1) is 17.0 Å². The van der Waals surface area contributed by atoms with Crippen molar-refractivity contribution >= 4 is 22.9 Å². The summed E-state index contributed by atoms with van der Waals surface area (Å²) in [7, 11) is 0. The van der Waals surface area contributed by atoms with E-state index >= 15 is 0 Å². The molecule has 3 heterocycles. The van der Waals surface area contributed by atoms with Crippen molar-refractivity contribution in [3.05, 3.63) is 88.1 Å². The van der Waals surface area contributed by atoms with Crippen LogP contribution in [-0.4, -0.2) is 30.4 Å². The summed E-state index contributed by atoms with van der Waals surface area (Å²) in [5, 5.41) is 4.01. The second-order valence-electron chi connectivity index (χ2n) is 8.23. The van der Waals surface area contributed by atoms with Crippen LogP contribution in [0.25, 0.3) is 0 Å². The van der Waals surface area contributed by atoms with Gasteiger partial charge in [0.2, 0.25) is 5.91 Å². The van der Waals surface area contributed by atoms with Crippen LogP contribution in [0.5, 0.6) is 0 Å². The minimum atomic E-state index is -0.837. The van der Waals surface area contributed by atoms with Gasteiger partial charge in [0.25, 0.3) is 0 Å². The number of nitrogens with zero attached hydrogens (tertiary/aromatic N) is 2. The van der Waals surface area contributed by atoms with Crippen molar-refractivity contribution in [2.75, 3.05) is 24.5 Å². The molecule has 0 aliphatic carbocycles. The van der Waals surface area contributed by atoms with E-state index in [1.54, 1.807) is 17.4 Å². The predicted molar refractivity (Wildman–Crippen MR) is 115 cm³/mol. The third-order valence-electron chi connectivity index (χ3n) is 6.48. The molecule has 1 amide bonds. The zero-order chi connectivity index (χ0) is 20.7. The largest absolute Gasteiger partial charge is 0.311 e. The Balaban J connectivity index is 1.46. The van der Waals surface area contributed by atoms with Crippen LogP contribution < -0.4 is 4.90 Å². The van der Waals surface area contributed by atoms with Gasteiger partial charge in [-0.3, -0.25) is 9.69 Å². The summed E-state index contributed by atoms with van der Waals surface area (Å²) in [4.78, 5) is 17.8. The van der Waals surface area contributed by atoms with E-state index in [1.165, 1.54) is 12.1 Å². The summed E-state index contributed by atoms with van der Waals surface area (Å²) in [6, 6.07) is 16.2. The van der Waals surface area contributed by atoms with Crippen molar-refractivity contribution in [1.82, 2.24) is 4.90 Å². The Hall–Kier alpha value is -2.57. The number of thiophene rings is 1. The molecular weight excluding hydrogens is 402 g/mol. The third-order valence-corrected chi connectivity index (χ3v) is 7.15. The molecule has 154 valence electrons. The Morgan fingerprint density at radius 3 is 2.63 bits per heavy atom. The van der Waals surface area contributed by atoms with Crippen molar-refractivity contribution < 1.29 is 13.6 Å². The summed E-state index contributed by atoms with van der Waals surface area (Å²) in [5.41, 5.74) is 2.35. The Labute approximate surface area is 178 Å². The smallest absolute Gasteiger partial charge is 0.235 e. The van der Waals surface area contributed by atoms with Crippen molar-refractivity contribution in [2.24, 2.45) is 5.41 Å². The fourth-order valence-corrected chi connectivity index (χ4v) is 5.69. The number of carbonyl (C=O) groups is 1. The van der Waals surface area contributed by atoms with E-state index in [-0.39, 0.29) is 11.8 Å². The molecule has 6 heteroatoms. The van der Waals surface area contributed by atoms with Crippen LogP contribution in [0.2, 0.25) is 0 Å². The van der Waals surface area contributed by atoms with E-state index in [2.05, 4.69) is 17.0 Å². The van der Waals surface area contributed by atoms with E-state index in [1.807, 2.05) is 39.9 Å². The molecular formula is C24H22F2N2OS. The van der Waals surface area contributed by atoms with E-state index in [0.29, 0.717) is 26.2 Å². The predicted octanol–water partition coefficient (Wildman–Crippen LogP) is 5.05. The molecule has 2 aliphatic heterocycles. The van der Waals surface area contributed by atoms with E-state index in [4.69, 9.17) is 0 Å². The molecule has 0 saturated carbocycles. The monoisotopic (exact) mass is 424 g/mol. The number of anilines is 1. The van der Waals surface area contributed by atoms with Gasteiger partial charge >= 0.3 is 0 Å². The highest BCUT2D eigenvalue weighted by Crippen LogP contribution is 2.51. The van der Waals surface area contributed by atoms with Gasteiger partial charge in [0.05, 0.1) is 11.1 Å². The molecule has 1 spiro atoms. The highest BCUT2D eigenvalue weighted by Gasteiger charge is 2.57. The van der Waals surface area contributed by atoms with Gasteiger partial charge in [-0.1, -0.05) is 36.4 Å². The normalized spacial score (nSPS) is 24.3. The molecule has 3 aromatic rings. The molecule has 5 rings (SSSR count). The lowest BCUT2D eigenvalue weighted by Crippen LogP contribution is -2.39. The van der Waals surface area contributed by atoms with Crippen LogP contribution in [0.3, 0.4) is 0 Å². The minimum Gasteiger partial charge on any atom is -0.311 e. The SMILES string of the molecule is O=C1N(c2ccsc2)CC[C@]12CN(Cc1ccc(F)c(F)c1)C[C@H]2c1ccccc1. The lowest BCUT2D eigenvalue weighted by atomic mass is 9.73. The molecule has 0 radical (unpaired) electrons. The highest BCUT2D eigenvalue weighted by atomic mass is 32.1. The average Bonchev–Trinajstić information content (AvgIpc) is 3.47. The van der Waals surface area contributed by atoms with Gasteiger partial charge in [0.1, 0.15) is 0 Å². The number of amides is 1. The molecule has 2 aliphatic rings. The molecule has 0 N–H and O–H groups in total. The molecule has 0 unspecified atom stereocenters. The summed E-state index contributed by atoms with van der Waals surface area (Å²) >= 11 is 1.59. The lowest BCUT2D eigenvalue weighted by molar-refractivity contribution is -0.125. The number of carbonyl (C=O) groups excluding carboxylic acids is 1. The molecule has 0 bridgehead atoms. The maximum Gasteiger partial charge on any atom is 0.235 e. The first-order chi connectivity index (χ1) is 14.6. The molecule has 1 aromatic heterocycles. The summed E-state index contributed by atoms with van der Waals surface area (Å²) in [6.07, 6.45) is 0.787. The van der Waals surface area contributed by atoms with Crippen LogP contribution in [0.4, 0.5) is 14.5 Å². The van der Waals surface area contributed by atoms with Crippen LogP contribution in [-0.2, 0) is 11.3 Å². The first-order valence-corrected chi connectivity index (χ1v) is 11.1. The highest BCUT2D eigenvalue weighted by molar-refractivity contribution is 7.08. The van der Waals surface area contributed by atoms with Crippen molar-refractivity contribution in [1.29, 1.82) is 0 Å². The van der Waals surface area contributed by atoms with Gasteiger partial charge in [0, 0.05) is 37.5 Å². The maximum absolute atomic E-state index is 13.7. The first kappa shape index (κ1) is 19.4. The van der Waals surface area contributed by atoms with E-state index in [0.717, 1.165) is 23.2 Å². The average molecular weight is 425 g/mol. The zero-order valence-electron chi connectivity index (χ0n) is 16.4. The number of benzene rings is 2. The molecule has 30 heavy (non-hydrogen) atoms. The summed E-state index contributed by atoms with van der Waals surface area (Å²) in [6.45, 7) is 2.53. The van der Waals surface area contributed by atoms with Gasteiger partial charge < -0.3 is 4.90 Å². The summed E-state index contributed by atoms with van der Waals surface area (Å²) < 4.78 is 27.0. The van der Waals surface area contributed by atoms with Crippen LogP contribution in [0.1, 0.15) is 23.5 Å². The first-order valence-electron chi connectivity index (χ1n) is 10.1. The summed E-state index contributed by atoms with van der Waals surface area (Å²) in [5.74, 6) is -1.43. The number of rotatable bonds is 4. The van der Waals surface area contributed by atoms with Crippen molar-refractivity contribution in [3.63, 3.8) is 0 Å². The molecule has 2 saturated heterocycles. The van der Waals surface area contributed by atoms with Gasteiger partial charge in [-0.25, -0.2) is 8.78 Å². The van der Waals surface area contributed by atoms with Gasteiger partial charge in [-0.15, -0.1) is 0 Å². The molecule has 2 fully saturated rings. The number of hydrogen-bond donors (Lipinski definition) is 0. The van der Waals surface area contributed by atoms with Crippen molar-refractivity contribution in [2.45, 2.75) is 18.9 Å². The number of hydrogen-bond acceptors (Lipinski definition) is 3. The Morgan fingerprint density at radius 2 is 1.90 bits per heavy atom. The fourth-order valence-electron chi connectivity index (χ4n) is 5.05. The quantitative estimate of drug-likeness (QED) is 0.585. The molecule has 3 nitrogen and oxygen atoms in total. The Kier molecular flexibility index (Phi) is 4.91. The van der Waals surface area contributed by atoms with Crippen molar-refractivity contribution in [3.8, 4) is 0 Å². The molecule has 2 atom stereocenters. The van der Waals surface area contributed by atoms with E-state index in [9.17, 15) is 13.6 Å². The van der Waals surface area contributed by atoms with Gasteiger partial charge in [-0.2, -0.15) is 11.3 Å². The van der Waals surface area contributed by atoms with Crippen LogP contribution in [0.15, 0.2) is 65.4 Å². The standard InChI is InChI=1S/C24H22F2N2OS/c25-21-7-6-17(12-22(21)26)13-27-14-20(18-4-2-1-3-5-18)24(16-27)9-10-28(23(24)29)19-8-11-30-15-19/h1-8,11-12,15,20H,9-10,13-14,16H2/t20-,24+/m0/s1. The van der Waals surface area contributed by atoms with Crippen LogP contribution >= 0.6 is 11.3 Å². The third kappa shape index (κ3) is 3.24. The Morgan fingerprint density at radius 1 is 1.07 bits per heavy atom. The fraction of sp³-hybridized carbons (Fsp3) is 0.292. The van der Waals surface area contributed by atoms with Gasteiger partial charge in [-0.05, 0) is 41.1 Å². The van der Waals surface area contributed by atoms with Gasteiger partial charge in [0.15, 0.2) is 11.6 Å².